The lowest BCUT2D eigenvalue weighted by Gasteiger charge is -2.36. The molecule has 2 fully saturated rings. The summed E-state index contributed by atoms with van der Waals surface area (Å²) in [6.07, 6.45) is -3.80. The first-order chi connectivity index (χ1) is 12.6. The number of nitrogens with one attached hydrogen (secondary N) is 1. The van der Waals surface area contributed by atoms with E-state index in [1.54, 1.807) is 10.4 Å². The van der Waals surface area contributed by atoms with Crippen molar-refractivity contribution in [2.24, 2.45) is 5.41 Å². The van der Waals surface area contributed by atoms with Crippen molar-refractivity contribution in [3.63, 3.8) is 0 Å². The van der Waals surface area contributed by atoms with Gasteiger partial charge in [0.2, 0.25) is 11.8 Å². The average molecular weight is 403 g/mol. The Morgan fingerprint density at radius 1 is 1.41 bits per heavy atom. The van der Waals surface area contributed by atoms with Crippen LogP contribution in [0.5, 0.6) is 0 Å². The number of fused-ring (bicyclic) bond motifs is 2. The van der Waals surface area contributed by atoms with Crippen molar-refractivity contribution in [2.45, 2.75) is 76.7 Å². The van der Waals surface area contributed by atoms with Crippen LogP contribution in [0.15, 0.2) is 10.9 Å². The first-order valence-corrected chi connectivity index (χ1v) is 10.1. The van der Waals surface area contributed by atoms with Crippen LogP contribution >= 0.6 is 11.3 Å². The molecule has 2 bridgehead atoms. The number of carbonyl (C=O) groups excluding carboxylic acids is 2. The average Bonchev–Trinajstić information content (AvgIpc) is 3.26. The number of halogens is 3. The van der Waals surface area contributed by atoms with Gasteiger partial charge in [0, 0.05) is 36.3 Å². The molecular formula is C18H24F3N3O2S. The second kappa shape index (κ2) is 7.41. The summed E-state index contributed by atoms with van der Waals surface area (Å²) >= 11 is 1.44. The molecule has 2 aliphatic heterocycles. The van der Waals surface area contributed by atoms with Gasteiger partial charge in [0.25, 0.3) is 0 Å². The molecule has 9 heteroatoms. The molecule has 0 unspecified atom stereocenters. The molecule has 0 aromatic carbocycles. The Kier molecular flexibility index (Phi) is 5.52. The Hall–Kier alpha value is -1.64. The standard InChI is InChI=1S/C18H24F3N3O2S/c1-11(2)23-16(26)17(7-12-9-27-10-22-12)8-13-3-4-14(17)24(13)15(25)5-6-18(19,20)21/h9-11,13-14H,3-8H2,1-2H3,(H,23,26)/t13-,14+,17+/m1/s1. The molecule has 0 radical (unpaired) electrons. The number of hydrogen-bond donors (Lipinski definition) is 1. The van der Waals surface area contributed by atoms with Crippen LogP contribution in [0.25, 0.3) is 0 Å². The summed E-state index contributed by atoms with van der Waals surface area (Å²) in [5.74, 6) is -0.636. The topological polar surface area (TPSA) is 62.3 Å². The molecule has 2 aliphatic rings. The maximum atomic E-state index is 13.1. The van der Waals surface area contributed by atoms with Gasteiger partial charge in [-0.1, -0.05) is 0 Å². The number of thiazole rings is 1. The number of nitrogens with zero attached hydrogens (tertiary/aromatic N) is 2. The molecule has 3 heterocycles. The molecule has 0 spiro atoms. The van der Waals surface area contributed by atoms with Gasteiger partial charge in [-0.15, -0.1) is 11.3 Å². The first-order valence-electron chi connectivity index (χ1n) is 9.18. The smallest absolute Gasteiger partial charge is 0.353 e. The summed E-state index contributed by atoms with van der Waals surface area (Å²) in [7, 11) is 0. The van der Waals surface area contributed by atoms with Gasteiger partial charge in [0.1, 0.15) is 0 Å². The van der Waals surface area contributed by atoms with Gasteiger partial charge < -0.3 is 10.2 Å². The summed E-state index contributed by atoms with van der Waals surface area (Å²) in [5.41, 5.74) is 1.66. The lowest BCUT2D eigenvalue weighted by molar-refractivity contribution is -0.150. The number of alkyl halides is 3. The highest BCUT2D eigenvalue weighted by Crippen LogP contribution is 2.52. The first kappa shape index (κ1) is 20.1. The maximum Gasteiger partial charge on any atom is 0.389 e. The second-order valence-electron chi connectivity index (χ2n) is 7.81. The number of aromatic nitrogens is 1. The minimum atomic E-state index is -4.36. The van der Waals surface area contributed by atoms with Crippen LogP contribution in [0.3, 0.4) is 0 Å². The van der Waals surface area contributed by atoms with E-state index >= 15 is 0 Å². The van der Waals surface area contributed by atoms with E-state index in [9.17, 15) is 22.8 Å². The fourth-order valence-corrected chi connectivity index (χ4v) is 5.06. The van der Waals surface area contributed by atoms with E-state index in [1.807, 2.05) is 19.2 Å². The van der Waals surface area contributed by atoms with Crippen LogP contribution < -0.4 is 5.32 Å². The summed E-state index contributed by atoms with van der Waals surface area (Å²) in [6, 6.07) is -0.603. The Morgan fingerprint density at radius 2 is 2.15 bits per heavy atom. The van der Waals surface area contributed by atoms with Crippen LogP contribution in [-0.4, -0.2) is 46.0 Å². The van der Waals surface area contributed by atoms with Crippen LogP contribution in [0.1, 0.15) is 51.6 Å². The van der Waals surface area contributed by atoms with Crippen molar-refractivity contribution in [3.05, 3.63) is 16.6 Å². The van der Waals surface area contributed by atoms with Crippen LogP contribution in [0.4, 0.5) is 13.2 Å². The Balaban J connectivity index is 1.84. The van der Waals surface area contributed by atoms with Crippen molar-refractivity contribution in [2.75, 3.05) is 0 Å². The zero-order valence-corrected chi connectivity index (χ0v) is 16.2. The lowest BCUT2D eigenvalue weighted by atomic mass is 9.70. The van der Waals surface area contributed by atoms with Gasteiger partial charge in [0.05, 0.1) is 23.0 Å². The molecule has 3 rings (SSSR count). The minimum Gasteiger partial charge on any atom is -0.353 e. The van der Waals surface area contributed by atoms with Crippen molar-refractivity contribution in [1.29, 1.82) is 0 Å². The summed E-state index contributed by atoms with van der Waals surface area (Å²) in [5, 5.41) is 4.84. The molecule has 2 amide bonds. The van der Waals surface area contributed by atoms with Crippen molar-refractivity contribution < 1.29 is 22.8 Å². The Morgan fingerprint density at radius 3 is 2.74 bits per heavy atom. The zero-order chi connectivity index (χ0) is 19.8. The van der Waals surface area contributed by atoms with E-state index in [0.717, 1.165) is 12.1 Å². The number of rotatable bonds is 6. The number of amides is 2. The molecule has 1 aromatic rings. The molecule has 1 N–H and O–H groups in total. The molecular weight excluding hydrogens is 379 g/mol. The third kappa shape index (κ3) is 4.12. The highest BCUT2D eigenvalue weighted by atomic mass is 32.1. The highest BCUT2D eigenvalue weighted by molar-refractivity contribution is 7.07. The van der Waals surface area contributed by atoms with Crippen molar-refractivity contribution in [3.8, 4) is 0 Å². The van der Waals surface area contributed by atoms with Gasteiger partial charge in [-0.05, 0) is 33.1 Å². The Labute approximate surface area is 160 Å². The predicted octanol–water partition coefficient (Wildman–Crippen LogP) is 3.30. The molecule has 0 aliphatic carbocycles. The van der Waals surface area contributed by atoms with Gasteiger partial charge in [0.15, 0.2) is 0 Å². The maximum absolute atomic E-state index is 13.1. The second-order valence-corrected chi connectivity index (χ2v) is 8.53. The predicted molar refractivity (Wildman–Crippen MR) is 95.1 cm³/mol. The van der Waals surface area contributed by atoms with E-state index in [1.165, 1.54) is 11.3 Å². The van der Waals surface area contributed by atoms with Crippen LogP contribution in [0.2, 0.25) is 0 Å². The molecule has 1 aromatic heterocycles. The fraction of sp³-hybridized carbons (Fsp3) is 0.722. The number of carbonyl (C=O) groups is 2. The SMILES string of the molecule is CC(C)NC(=O)[C@@]1(Cc2cscn2)C[C@H]2CC[C@@H]1N2C(=O)CCC(F)(F)F. The van der Waals surface area contributed by atoms with E-state index in [2.05, 4.69) is 10.3 Å². The molecule has 3 atom stereocenters. The van der Waals surface area contributed by atoms with Gasteiger partial charge >= 0.3 is 6.18 Å². The molecule has 150 valence electrons. The van der Waals surface area contributed by atoms with Gasteiger partial charge in [-0.3, -0.25) is 9.59 Å². The molecule has 0 saturated carbocycles. The third-order valence-corrected chi connectivity index (χ3v) is 6.14. The van der Waals surface area contributed by atoms with Crippen molar-refractivity contribution in [1.82, 2.24) is 15.2 Å². The lowest BCUT2D eigenvalue weighted by Crippen LogP contribution is -2.52. The monoisotopic (exact) mass is 403 g/mol. The molecule has 2 saturated heterocycles. The van der Waals surface area contributed by atoms with Crippen molar-refractivity contribution >= 4 is 23.2 Å². The van der Waals surface area contributed by atoms with E-state index < -0.39 is 30.3 Å². The van der Waals surface area contributed by atoms with E-state index in [4.69, 9.17) is 0 Å². The quantitative estimate of drug-likeness (QED) is 0.793. The molecule has 5 nitrogen and oxygen atoms in total. The van der Waals surface area contributed by atoms with Crippen LogP contribution in [-0.2, 0) is 16.0 Å². The van der Waals surface area contributed by atoms with E-state index in [-0.39, 0.29) is 24.0 Å². The summed E-state index contributed by atoms with van der Waals surface area (Å²) in [6.45, 7) is 3.74. The summed E-state index contributed by atoms with van der Waals surface area (Å²) in [4.78, 5) is 31.6. The third-order valence-electron chi connectivity index (χ3n) is 5.50. The zero-order valence-electron chi connectivity index (χ0n) is 15.4. The summed E-state index contributed by atoms with van der Waals surface area (Å²) < 4.78 is 37.6. The van der Waals surface area contributed by atoms with E-state index in [0.29, 0.717) is 19.3 Å². The van der Waals surface area contributed by atoms with Gasteiger partial charge in [-0.25, -0.2) is 4.98 Å². The highest BCUT2D eigenvalue weighted by Gasteiger charge is 2.61. The van der Waals surface area contributed by atoms with Gasteiger partial charge in [-0.2, -0.15) is 13.2 Å². The molecule has 27 heavy (non-hydrogen) atoms. The Bertz CT molecular complexity index is 693. The fourth-order valence-electron chi connectivity index (χ4n) is 4.51. The van der Waals surface area contributed by atoms with Crippen LogP contribution in [0, 0.1) is 5.41 Å². The normalized spacial score (nSPS) is 27.4. The minimum absolute atomic E-state index is 0.0571. The largest absolute Gasteiger partial charge is 0.389 e. The number of hydrogen-bond acceptors (Lipinski definition) is 4.